The molecule has 1 N–H and O–H groups in total. The Bertz CT molecular complexity index is 2190. The van der Waals surface area contributed by atoms with Crippen LogP contribution in [0.15, 0.2) is 83.1 Å². The van der Waals surface area contributed by atoms with E-state index in [-0.39, 0.29) is 47.9 Å². The average Bonchev–Trinajstić information content (AvgIpc) is 3.33. The monoisotopic (exact) mass is 803 g/mol. The molecule has 2 heterocycles. The molecular formula is C42H44IrNO3-. The summed E-state index contributed by atoms with van der Waals surface area (Å²) >= 11 is 0. The van der Waals surface area contributed by atoms with Gasteiger partial charge in [-0.1, -0.05) is 95.6 Å². The predicted molar refractivity (Wildman–Crippen MR) is 192 cm³/mol. The third kappa shape index (κ3) is 6.28. The Morgan fingerprint density at radius 2 is 1.57 bits per heavy atom. The van der Waals surface area contributed by atoms with Gasteiger partial charge in [0, 0.05) is 48.7 Å². The molecule has 7 rings (SSSR count). The molecule has 0 amide bonds. The summed E-state index contributed by atoms with van der Waals surface area (Å²) in [7, 11) is 0. The average molecular weight is 803 g/mol. The number of aliphatic hydroxyl groups is 1. The molecule has 0 saturated carbocycles. The van der Waals surface area contributed by atoms with Crippen molar-refractivity contribution in [2.45, 2.75) is 91.4 Å². The summed E-state index contributed by atoms with van der Waals surface area (Å²) in [5, 5.41) is 15.4. The normalized spacial score (nSPS) is 15.6. The van der Waals surface area contributed by atoms with Crippen LogP contribution in [0.3, 0.4) is 0 Å². The number of aliphatic hydroxyl groups excluding tert-OH is 1. The molecule has 0 fully saturated rings. The van der Waals surface area contributed by atoms with E-state index < -0.39 is 0 Å². The van der Waals surface area contributed by atoms with E-state index in [2.05, 4.69) is 115 Å². The van der Waals surface area contributed by atoms with Crippen LogP contribution in [0.4, 0.5) is 0 Å². The molecule has 0 aliphatic heterocycles. The molecule has 1 radical (unpaired) electrons. The van der Waals surface area contributed by atoms with Gasteiger partial charge in [-0.15, -0.1) is 23.3 Å². The molecule has 47 heavy (non-hydrogen) atoms. The van der Waals surface area contributed by atoms with E-state index in [1.807, 2.05) is 6.20 Å². The van der Waals surface area contributed by atoms with Gasteiger partial charge in [0.1, 0.15) is 11.2 Å². The quantitative estimate of drug-likeness (QED) is 0.108. The van der Waals surface area contributed by atoms with Crippen LogP contribution in [0.25, 0.3) is 54.7 Å². The van der Waals surface area contributed by atoms with E-state index in [9.17, 15) is 4.79 Å². The van der Waals surface area contributed by atoms with Gasteiger partial charge in [-0.2, -0.15) is 0 Å². The van der Waals surface area contributed by atoms with Gasteiger partial charge in [0.15, 0.2) is 5.78 Å². The first-order valence-electron chi connectivity index (χ1n) is 16.2. The van der Waals surface area contributed by atoms with Crippen molar-refractivity contribution >= 4 is 49.3 Å². The van der Waals surface area contributed by atoms with E-state index in [0.717, 1.165) is 45.0 Å². The Balaban J connectivity index is 0.000000491. The number of aromatic nitrogens is 1. The van der Waals surface area contributed by atoms with Crippen LogP contribution in [-0.2, 0) is 41.1 Å². The van der Waals surface area contributed by atoms with Crippen LogP contribution in [0.1, 0.15) is 91.8 Å². The molecule has 4 nitrogen and oxygen atoms in total. The Morgan fingerprint density at radius 3 is 2.21 bits per heavy atom. The van der Waals surface area contributed by atoms with Gasteiger partial charge in [-0.05, 0) is 83.2 Å². The van der Waals surface area contributed by atoms with E-state index in [4.69, 9.17) is 14.5 Å². The van der Waals surface area contributed by atoms with Crippen molar-refractivity contribution in [3.8, 4) is 11.3 Å². The number of hydrogen-bond acceptors (Lipinski definition) is 4. The molecular weight excluding hydrogens is 759 g/mol. The fourth-order valence-corrected chi connectivity index (χ4v) is 7.17. The van der Waals surface area contributed by atoms with Crippen LogP contribution < -0.4 is 0 Å². The van der Waals surface area contributed by atoms with Crippen LogP contribution in [0.2, 0.25) is 0 Å². The van der Waals surface area contributed by atoms with Gasteiger partial charge in [0.25, 0.3) is 0 Å². The number of carbonyl (C=O) groups is 1. The fourth-order valence-electron chi connectivity index (χ4n) is 7.17. The Morgan fingerprint density at radius 1 is 0.894 bits per heavy atom. The summed E-state index contributed by atoms with van der Waals surface area (Å²) in [5.74, 6) is -0.0625. The zero-order valence-electron chi connectivity index (χ0n) is 28.9. The van der Waals surface area contributed by atoms with Gasteiger partial charge in [-0.3, -0.25) is 4.79 Å². The first-order chi connectivity index (χ1) is 21.6. The van der Waals surface area contributed by atoms with Crippen LogP contribution >= 0.6 is 0 Å². The third-order valence-electron chi connectivity index (χ3n) is 9.61. The van der Waals surface area contributed by atoms with Crippen LogP contribution in [0, 0.1) is 6.07 Å². The molecule has 2 aromatic heterocycles. The number of nitrogens with zero attached hydrogens (tertiary/aromatic N) is 1. The summed E-state index contributed by atoms with van der Waals surface area (Å²) in [4.78, 5) is 15.0. The second kappa shape index (κ2) is 12.3. The number of carbonyl (C=O) groups excluding carboxylic acids is 1. The molecule has 0 unspecified atom stereocenters. The van der Waals surface area contributed by atoms with Crippen molar-refractivity contribution in [2.24, 2.45) is 0 Å². The number of allylic oxidation sites excluding steroid dienone is 2. The maximum Gasteiger partial charge on any atom is 0.155 e. The summed E-state index contributed by atoms with van der Waals surface area (Å²) in [6.45, 7) is 19.1. The van der Waals surface area contributed by atoms with Crippen molar-refractivity contribution in [2.75, 3.05) is 0 Å². The minimum absolute atomic E-state index is 0. The second-order valence-corrected chi connectivity index (χ2v) is 15.2. The molecule has 6 aromatic rings. The zero-order valence-corrected chi connectivity index (χ0v) is 31.3. The van der Waals surface area contributed by atoms with Crippen molar-refractivity contribution in [3.05, 3.63) is 101 Å². The van der Waals surface area contributed by atoms with Gasteiger partial charge in [0.2, 0.25) is 0 Å². The molecule has 0 bridgehead atoms. The number of furan rings is 1. The molecule has 1 aliphatic carbocycles. The minimum Gasteiger partial charge on any atom is -0.512 e. The third-order valence-corrected chi connectivity index (χ3v) is 9.61. The smallest absolute Gasteiger partial charge is 0.155 e. The van der Waals surface area contributed by atoms with E-state index in [1.54, 1.807) is 0 Å². The molecule has 0 atom stereocenters. The number of hydrogen-bond donors (Lipinski definition) is 1. The number of benzene rings is 4. The fraction of sp³-hybridized carbons (Fsp3) is 0.333. The molecule has 4 aromatic carbocycles. The summed E-state index contributed by atoms with van der Waals surface area (Å²) in [6.07, 6.45) is 5.43. The Kier molecular flexibility index (Phi) is 9.07. The van der Waals surface area contributed by atoms with Gasteiger partial charge < -0.3 is 14.5 Å². The molecule has 0 saturated heterocycles. The first-order valence-corrected chi connectivity index (χ1v) is 16.2. The molecule has 0 spiro atoms. The van der Waals surface area contributed by atoms with Gasteiger partial charge >= 0.3 is 0 Å². The standard InChI is InChI=1S/C37H36NO.C5H8O2.Ir/c1-35(2,3)29-14-12-25(23-10-8-9-11-24(23)29)33-27-21-28-26-13-15-30-32(37(6,7)18-17-36(30,4)5)34(26)39-31(28)20-22(27)16-19-38-33;1-4(6)3-5(2)7;/h8-11,13-16,19-21H,17-18H2,1-7H3;3,6H,1-2H3;/q-1;;/b;4-3-;. The maximum atomic E-state index is 10.0. The van der Waals surface area contributed by atoms with Crippen molar-refractivity contribution < 1.29 is 34.4 Å². The topological polar surface area (TPSA) is 63.3 Å². The van der Waals surface area contributed by atoms with E-state index in [0.29, 0.717) is 0 Å². The second-order valence-electron chi connectivity index (χ2n) is 15.2. The summed E-state index contributed by atoms with van der Waals surface area (Å²) < 4.78 is 6.73. The number of rotatable bonds is 2. The first kappa shape index (κ1) is 34.5. The zero-order chi connectivity index (χ0) is 33.2. The largest absolute Gasteiger partial charge is 0.512 e. The minimum atomic E-state index is -0.125. The maximum absolute atomic E-state index is 10.0. The van der Waals surface area contributed by atoms with E-state index in [1.165, 1.54) is 59.2 Å². The number of fused-ring (bicyclic) bond motifs is 7. The summed E-state index contributed by atoms with van der Waals surface area (Å²) in [5.41, 5.74) is 8.39. The van der Waals surface area contributed by atoms with Crippen molar-refractivity contribution in [3.63, 3.8) is 0 Å². The molecule has 1 aliphatic rings. The van der Waals surface area contributed by atoms with Gasteiger partial charge in [0.05, 0.1) is 5.76 Å². The van der Waals surface area contributed by atoms with Crippen molar-refractivity contribution in [1.29, 1.82) is 0 Å². The Hall–Kier alpha value is -3.79. The molecule has 5 heteroatoms. The van der Waals surface area contributed by atoms with Crippen molar-refractivity contribution in [1.82, 2.24) is 4.98 Å². The SMILES string of the molecule is CC(=O)/C=C(/C)O.CC(C)(C)c1c[c-]c(-c2nccc3cc4oc5c6c(ccc5c4cc23)C(C)(C)CCC6(C)C)c2ccccc12.[Ir]. The Labute approximate surface area is 291 Å². The molecule has 245 valence electrons. The predicted octanol–water partition coefficient (Wildman–Crippen LogP) is 11.4. The van der Waals surface area contributed by atoms with Gasteiger partial charge in [-0.25, -0.2) is 0 Å². The van der Waals surface area contributed by atoms with Crippen LogP contribution in [-0.4, -0.2) is 15.9 Å². The number of ketones is 1. The summed E-state index contributed by atoms with van der Waals surface area (Å²) in [6, 6.07) is 25.7. The number of pyridine rings is 1. The van der Waals surface area contributed by atoms with E-state index >= 15 is 0 Å². The van der Waals surface area contributed by atoms with Crippen LogP contribution in [0.5, 0.6) is 0 Å².